The topological polar surface area (TPSA) is 84.1 Å². The Morgan fingerprint density at radius 2 is 2.37 bits per heavy atom. The smallest absolute Gasteiger partial charge is 0.303 e. The number of likely N-dealkylation sites (tertiary alicyclic amines) is 1. The number of tetrazole rings is 1. The Hall–Kier alpha value is -1.50. The van der Waals surface area contributed by atoms with Crippen LogP contribution >= 0.6 is 0 Å². The highest BCUT2D eigenvalue weighted by molar-refractivity contribution is 5.67. The van der Waals surface area contributed by atoms with Crippen LogP contribution in [-0.4, -0.2) is 49.3 Å². The fourth-order valence-electron chi connectivity index (χ4n) is 2.63. The second kappa shape index (κ2) is 6.60. The zero-order valence-electron chi connectivity index (χ0n) is 11.3. The largest absolute Gasteiger partial charge is 0.481 e. The van der Waals surface area contributed by atoms with Gasteiger partial charge in [-0.15, -0.1) is 5.10 Å². The van der Waals surface area contributed by atoms with Crippen molar-refractivity contribution in [1.82, 2.24) is 25.1 Å². The maximum atomic E-state index is 10.8. The molecule has 1 N–H and O–H groups in total. The van der Waals surface area contributed by atoms with Crippen molar-refractivity contribution in [1.29, 1.82) is 0 Å². The van der Waals surface area contributed by atoms with Gasteiger partial charge in [-0.2, -0.15) is 0 Å². The zero-order valence-corrected chi connectivity index (χ0v) is 11.3. The number of carbonyl (C=O) groups is 1. The number of nitrogens with zero attached hydrogens (tertiary/aromatic N) is 5. The summed E-state index contributed by atoms with van der Waals surface area (Å²) in [7, 11) is 0. The van der Waals surface area contributed by atoms with Crippen molar-refractivity contribution in [2.75, 3.05) is 13.1 Å². The van der Waals surface area contributed by atoms with Gasteiger partial charge in [-0.3, -0.25) is 9.69 Å². The first kappa shape index (κ1) is 13.9. The molecule has 1 fully saturated rings. The molecule has 0 aliphatic carbocycles. The van der Waals surface area contributed by atoms with Crippen molar-refractivity contribution in [3.05, 3.63) is 5.82 Å². The van der Waals surface area contributed by atoms with Crippen LogP contribution in [0.3, 0.4) is 0 Å². The molecule has 1 unspecified atom stereocenters. The first-order valence-electron chi connectivity index (χ1n) is 6.88. The van der Waals surface area contributed by atoms with Crippen LogP contribution in [-0.2, 0) is 17.9 Å². The van der Waals surface area contributed by atoms with E-state index in [1.807, 2.05) is 4.68 Å². The third kappa shape index (κ3) is 3.99. The fourth-order valence-corrected chi connectivity index (χ4v) is 2.63. The molecule has 0 spiro atoms. The van der Waals surface area contributed by atoms with Crippen molar-refractivity contribution < 1.29 is 9.90 Å². The lowest BCUT2D eigenvalue weighted by molar-refractivity contribution is -0.138. The monoisotopic (exact) mass is 267 g/mol. The van der Waals surface area contributed by atoms with Crippen LogP contribution in [0.25, 0.3) is 0 Å². The van der Waals surface area contributed by atoms with Crippen molar-refractivity contribution in [2.24, 2.45) is 5.92 Å². The third-order valence-electron chi connectivity index (χ3n) is 3.47. The molecule has 1 aliphatic heterocycles. The van der Waals surface area contributed by atoms with Gasteiger partial charge in [0.1, 0.15) is 0 Å². The molecule has 106 valence electrons. The summed E-state index contributed by atoms with van der Waals surface area (Å²) in [6, 6.07) is 0. The summed E-state index contributed by atoms with van der Waals surface area (Å²) >= 11 is 0. The molecule has 1 atom stereocenters. The van der Waals surface area contributed by atoms with Gasteiger partial charge in [-0.05, 0) is 42.2 Å². The number of aliphatic carboxylic acids is 1. The molecule has 0 radical (unpaired) electrons. The van der Waals surface area contributed by atoms with Crippen LogP contribution in [0.1, 0.15) is 38.4 Å². The van der Waals surface area contributed by atoms with E-state index in [2.05, 4.69) is 27.3 Å². The van der Waals surface area contributed by atoms with Crippen molar-refractivity contribution in [3.63, 3.8) is 0 Å². The quantitative estimate of drug-likeness (QED) is 0.819. The summed E-state index contributed by atoms with van der Waals surface area (Å²) < 4.78 is 1.83. The van der Waals surface area contributed by atoms with E-state index in [1.165, 1.54) is 0 Å². The van der Waals surface area contributed by atoms with E-state index in [1.54, 1.807) is 0 Å². The van der Waals surface area contributed by atoms with Crippen LogP contribution in [0.5, 0.6) is 0 Å². The van der Waals surface area contributed by atoms with Crippen LogP contribution in [0.15, 0.2) is 0 Å². The highest BCUT2D eigenvalue weighted by atomic mass is 16.4. The lowest BCUT2D eigenvalue weighted by Gasteiger charge is -2.31. The molecule has 1 aromatic rings. The number of rotatable bonds is 6. The molecule has 0 saturated carbocycles. The Morgan fingerprint density at radius 3 is 3.11 bits per heavy atom. The molecule has 0 bridgehead atoms. The van der Waals surface area contributed by atoms with Gasteiger partial charge in [0.25, 0.3) is 0 Å². The summed E-state index contributed by atoms with van der Waals surface area (Å²) in [5, 5.41) is 20.6. The number of carboxylic acids is 1. The molecule has 7 heteroatoms. The van der Waals surface area contributed by atoms with E-state index < -0.39 is 5.97 Å². The second-order valence-corrected chi connectivity index (χ2v) is 5.16. The van der Waals surface area contributed by atoms with Gasteiger partial charge in [0, 0.05) is 19.5 Å². The standard InChI is InChI=1S/C12H21N5O2/c1-2-5-17-11(13-14-15-17)9-16-6-3-4-10(8-16)7-12(18)19/h10H,2-9H2,1H3,(H,18,19). The number of hydrogen-bond acceptors (Lipinski definition) is 5. The molecular weight excluding hydrogens is 246 g/mol. The van der Waals surface area contributed by atoms with Gasteiger partial charge in [0.05, 0.1) is 6.54 Å². The molecule has 7 nitrogen and oxygen atoms in total. The molecule has 2 heterocycles. The van der Waals surface area contributed by atoms with E-state index in [0.29, 0.717) is 6.54 Å². The third-order valence-corrected chi connectivity index (χ3v) is 3.47. The van der Waals surface area contributed by atoms with E-state index in [-0.39, 0.29) is 12.3 Å². The SMILES string of the molecule is CCCn1nnnc1CN1CCCC(CC(=O)O)C1. The predicted octanol–water partition coefficient (Wildman–Crippen LogP) is 0.770. The van der Waals surface area contributed by atoms with Crippen molar-refractivity contribution in [3.8, 4) is 0 Å². The minimum absolute atomic E-state index is 0.252. The van der Waals surface area contributed by atoms with E-state index in [0.717, 1.165) is 44.7 Å². The van der Waals surface area contributed by atoms with Gasteiger partial charge >= 0.3 is 5.97 Å². The normalized spacial score (nSPS) is 20.6. The van der Waals surface area contributed by atoms with E-state index >= 15 is 0 Å². The number of piperidine rings is 1. The maximum absolute atomic E-state index is 10.8. The highest BCUT2D eigenvalue weighted by Gasteiger charge is 2.23. The Bertz CT molecular complexity index is 420. The van der Waals surface area contributed by atoms with Gasteiger partial charge in [0.15, 0.2) is 5.82 Å². The second-order valence-electron chi connectivity index (χ2n) is 5.16. The van der Waals surface area contributed by atoms with Gasteiger partial charge in [0.2, 0.25) is 0 Å². The molecule has 2 rings (SSSR count). The minimum atomic E-state index is -0.706. The fraction of sp³-hybridized carbons (Fsp3) is 0.833. The average Bonchev–Trinajstić information content (AvgIpc) is 2.77. The minimum Gasteiger partial charge on any atom is -0.481 e. The van der Waals surface area contributed by atoms with Gasteiger partial charge < -0.3 is 5.11 Å². The number of carboxylic acid groups (broad SMARTS) is 1. The molecular formula is C12H21N5O2. The highest BCUT2D eigenvalue weighted by Crippen LogP contribution is 2.20. The van der Waals surface area contributed by atoms with E-state index in [4.69, 9.17) is 5.11 Å². The number of aromatic nitrogens is 4. The number of aryl methyl sites for hydroxylation is 1. The summed E-state index contributed by atoms with van der Waals surface area (Å²) in [5.74, 6) is 0.419. The first-order valence-corrected chi connectivity index (χ1v) is 6.88. The lowest BCUT2D eigenvalue weighted by atomic mass is 9.95. The molecule has 1 aliphatic rings. The van der Waals surface area contributed by atoms with Gasteiger partial charge in [-0.25, -0.2) is 4.68 Å². The van der Waals surface area contributed by atoms with E-state index in [9.17, 15) is 4.79 Å². The summed E-state index contributed by atoms with van der Waals surface area (Å²) in [6.45, 7) is 5.45. The Kier molecular flexibility index (Phi) is 4.84. The predicted molar refractivity (Wildman–Crippen MR) is 68.4 cm³/mol. The van der Waals surface area contributed by atoms with Crippen molar-refractivity contribution >= 4 is 5.97 Å². The Balaban J connectivity index is 1.91. The summed E-state index contributed by atoms with van der Waals surface area (Å²) in [6.07, 6.45) is 3.31. The molecule has 1 saturated heterocycles. The molecule has 1 aromatic heterocycles. The van der Waals surface area contributed by atoms with Crippen LogP contribution < -0.4 is 0 Å². The van der Waals surface area contributed by atoms with Crippen LogP contribution in [0.4, 0.5) is 0 Å². The first-order chi connectivity index (χ1) is 9.19. The lowest BCUT2D eigenvalue weighted by Crippen LogP contribution is -2.36. The molecule has 19 heavy (non-hydrogen) atoms. The average molecular weight is 267 g/mol. The van der Waals surface area contributed by atoms with Crippen molar-refractivity contribution in [2.45, 2.75) is 45.7 Å². The zero-order chi connectivity index (χ0) is 13.7. The number of hydrogen-bond donors (Lipinski definition) is 1. The Labute approximate surface area is 112 Å². The summed E-state index contributed by atoms with van der Waals surface area (Å²) in [5.41, 5.74) is 0. The summed E-state index contributed by atoms with van der Waals surface area (Å²) in [4.78, 5) is 13.0. The molecule has 0 aromatic carbocycles. The molecule has 0 amide bonds. The van der Waals surface area contributed by atoms with Crippen LogP contribution in [0.2, 0.25) is 0 Å². The van der Waals surface area contributed by atoms with Crippen LogP contribution in [0, 0.1) is 5.92 Å². The Morgan fingerprint density at radius 1 is 1.53 bits per heavy atom. The maximum Gasteiger partial charge on any atom is 0.303 e. The van der Waals surface area contributed by atoms with Gasteiger partial charge in [-0.1, -0.05) is 6.92 Å².